The molecule has 4 heteroatoms. The maximum absolute atomic E-state index is 13.5. The average Bonchev–Trinajstić information content (AvgIpc) is 2.62. The molecule has 0 saturated heterocycles. The van der Waals surface area contributed by atoms with Crippen LogP contribution in [0.3, 0.4) is 0 Å². The van der Waals surface area contributed by atoms with Gasteiger partial charge in [0.05, 0.1) is 6.61 Å². The fraction of sp³-hybridized carbons (Fsp3) is 0.400. The van der Waals surface area contributed by atoms with E-state index in [1.807, 2.05) is 0 Å². The van der Waals surface area contributed by atoms with Crippen LogP contribution < -0.4 is 16.2 Å². The summed E-state index contributed by atoms with van der Waals surface area (Å²) in [7, 11) is 0. The molecule has 0 spiro atoms. The Morgan fingerprint density at radius 1 is 1.50 bits per heavy atom. The zero-order valence-electron chi connectivity index (χ0n) is 7.79. The molecule has 0 aromatic heterocycles. The summed E-state index contributed by atoms with van der Waals surface area (Å²) in [6, 6.07) is 2.73. The maximum Gasteiger partial charge on any atom is 0.131 e. The van der Waals surface area contributed by atoms with Crippen LogP contribution in [0.4, 0.5) is 4.39 Å². The van der Waals surface area contributed by atoms with Gasteiger partial charge in [0.2, 0.25) is 0 Å². The van der Waals surface area contributed by atoms with Crippen molar-refractivity contribution in [3.05, 3.63) is 29.1 Å². The molecule has 0 saturated carbocycles. The third kappa shape index (κ3) is 1.47. The van der Waals surface area contributed by atoms with Gasteiger partial charge in [0.15, 0.2) is 0 Å². The molecule has 1 aliphatic heterocycles. The van der Waals surface area contributed by atoms with Gasteiger partial charge in [-0.05, 0) is 11.6 Å². The van der Waals surface area contributed by atoms with E-state index < -0.39 is 6.04 Å². The molecule has 0 bridgehead atoms. The predicted molar refractivity (Wildman–Crippen MR) is 51.6 cm³/mol. The molecular formula is C10H13FN2O. The van der Waals surface area contributed by atoms with E-state index in [0.29, 0.717) is 17.9 Å². The van der Waals surface area contributed by atoms with Gasteiger partial charge in [-0.15, -0.1) is 0 Å². The molecule has 0 radical (unpaired) electrons. The van der Waals surface area contributed by atoms with Gasteiger partial charge in [-0.1, -0.05) is 0 Å². The van der Waals surface area contributed by atoms with Gasteiger partial charge < -0.3 is 16.2 Å². The van der Waals surface area contributed by atoms with Crippen molar-refractivity contribution < 1.29 is 9.13 Å². The third-order valence-electron chi connectivity index (χ3n) is 2.46. The van der Waals surface area contributed by atoms with Gasteiger partial charge in [-0.2, -0.15) is 0 Å². The molecule has 0 fully saturated rings. The van der Waals surface area contributed by atoms with Crippen LogP contribution in [-0.4, -0.2) is 13.2 Å². The number of halogens is 1. The predicted octanol–water partition coefficient (Wildman–Crippen LogP) is 0.719. The molecule has 1 aliphatic rings. The minimum atomic E-state index is -0.430. The molecule has 14 heavy (non-hydrogen) atoms. The Labute approximate surface area is 81.8 Å². The van der Waals surface area contributed by atoms with E-state index in [-0.39, 0.29) is 12.4 Å². The Balaban J connectivity index is 2.42. The van der Waals surface area contributed by atoms with Crippen LogP contribution in [0.2, 0.25) is 0 Å². The van der Waals surface area contributed by atoms with Crippen LogP contribution in [-0.2, 0) is 6.42 Å². The molecule has 1 aromatic carbocycles. The van der Waals surface area contributed by atoms with Gasteiger partial charge in [-0.25, -0.2) is 4.39 Å². The van der Waals surface area contributed by atoms with Crippen LogP contribution >= 0.6 is 0 Å². The molecule has 1 aromatic rings. The number of hydrogen-bond donors (Lipinski definition) is 2. The topological polar surface area (TPSA) is 61.3 Å². The number of hydrogen-bond acceptors (Lipinski definition) is 3. The summed E-state index contributed by atoms with van der Waals surface area (Å²) in [5, 5.41) is 0. The quantitative estimate of drug-likeness (QED) is 0.732. The maximum atomic E-state index is 13.5. The highest BCUT2D eigenvalue weighted by molar-refractivity contribution is 5.41. The second kappa shape index (κ2) is 3.55. The number of ether oxygens (including phenoxy) is 1. The van der Waals surface area contributed by atoms with Crippen LogP contribution in [0, 0.1) is 5.82 Å². The summed E-state index contributed by atoms with van der Waals surface area (Å²) >= 11 is 0. The molecule has 0 amide bonds. The molecule has 76 valence electrons. The number of nitrogens with two attached hydrogens (primary N) is 2. The van der Waals surface area contributed by atoms with E-state index in [1.54, 1.807) is 6.07 Å². The van der Waals surface area contributed by atoms with Crippen molar-refractivity contribution >= 4 is 0 Å². The van der Waals surface area contributed by atoms with Crippen LogP contribution in [0.1, 0.15) is 17.2 Å². The summed E-state index contributed by atoms with van der Waals surface area (Å²) in [5.74, 6) is 0.305. The van der Waals surface area contributed by atoms with Crippen molar-refractivity contribution in [2.75, 3.05) is 13.2 Å². The lowest BCUT2D eigenvalue weighted by molar-refractivity contribution is 0.355. The Morgan fingerprint density at radius 2 is 2.29 bits per heavy atom. The molecular weight excluding hydrogens is 183 g/mol. The second-order valence-corrected chi connectivity index (χ2v) is 3.42. The summed E-state index contributed by atoms with van der Waals surface area (Å²) in [5.41, 5.74) is 12.6. The normalized spacial score (nSPS) is 16.2. The first-order valence-corrected chi connectivity index (χ1v) is 4.63. The van der Waals surface area contributed by atoms with E-state index >= 15 is 0 Å². The fourth-order valence-corrected chi connectivity index (χ4v) is 1.63. The zero-order valence-corrected chi connectivity index (χ0v) is 7.79. The van der Waals surface area contributed by atoms with Gasteiger partial charge in [0.1, 0.15) is 11.6 Å². The first-order chi connectivity index (χ1) is 6.72. The van der Waals surface area contributed by atoms with Crippen LogP contribution in [0.25, 0.3) is 0 Å². The Morgan fingerprint density at radius 3 is 3.00 bits per heavy atom. The van der Waals surface area contributed by atoms with Crippen molar-refractivity contribution in [1.82, 2.24) is 0 Å². The third-order valence-corrected chi connectivity index (χ3v) is 2.46. The molecule has 0 unspecified atom stereocenters. The van der Waals surface area contributed by atoms with E-state index in [0.717, 1.165) is 12.0 Å². The highest BCUT2D eigenvalue weighted by Crippen LogP contribution is 2.29. The van der Waals surface area contributed by atoms with Crippen molar-refractivity contribution in [2.45, 2.75) is 12.5 Å². The monoisotopic (exact) mass is 196 g/mol. The molecule has 1 atom stereocenters. The average molecular weight is 196 g/mol. The standard InChI is InChI=1S/C10H13FN2O/c11-8-4-10-6(1-2-14-10)3-7(8)9(13)5-12/h3-4,9H,1-2,5,12-13H2/t9-/m1/s1. The molecule has 0 aliphatic carbocycles. The minimum Gasteiger partial charge on any atom is -0.493 e. The Bertz CT molecular complexity index is 354. The lowest BCUT2D eigenvalue weighted by Crippen LogP contribution is -2.22. The first kappa shape index (κ1) is 9.43. The molecule has 3 nitrogen and oxygen atoms in total. The van der Waals surface area contributed by atoms with Crippen LogP contribution in [0.5, 0.6) is 5.75 Å². The number of benzene rings is 1. The minimum absolute atomic E-state index is 0.247. The first-order valence-electron chi connectivity index (χ1n) is 4.63. The largest absolute Gasteiger partial charge is 0.493 e. The van der Waals surface area contributed by atoms with E-state index in [2.05, 4.69) is 0 Å². The summed E-state index contributed by atoms with van der Waals surface area (Å²) in [4.78, 5) is 0. The van der Waals surface area contributed by atoms with Gasteiger partial charge in [-0.3, -0.25) is 0 Å². The fourth-order valence-electron chi connectivity index (χ4n) is 1.63. The van der Waals surface area contributed by atoms with Gasteiger partial charge in [0.25, 0.3) is 0 Å². The van der Waals surface area contributed by atoms with Crippen molar-refractivity contribution in [3.63, 3.8) is 0 Å². The van der Waals surface area contributed by atoms with Crippen molar-refractivity contribution in [2.24, 2.45) is 11.5 Å². The highest BCUT2D eigenvalue weighted by atomic mass is 19.1. The van der Waals surface area contributed by atoms with E-state index in [1.165, 1.54) is 6.07 Å². The molecule has 1 heterocycles. The summed E-state index contributed by atoms with van der Waals surface area (Å²) in [6.45, 7) is 0.868. The van der Waals surface area contributed by atoms with Crippen molar-refractivity contribution in [1.29, 1.82) is 0 Å². The smallest absolute Gasteiger partial charge is 0.131 e. The second-order valence-electron chi connectivity index (χ2n) is 3.42. The lowest BCUT2D eigenvalue weighted by Gasteiger charge is -2.11. The number of fused-ring (bicyclic) bond motifs is 1. The highest BCUT2D eigenvalue weighted by Gasteiger charge is 2.18. The Hall–Kier alpha value is -1.13. The molecule has 4 N–H and O–H groups in total. The van der Waals surface area contributed by atoms with Gasteiger partial charge >= 0.3 is 0 Å². The van der Waals surface area contributed by atoms with E-state index in [4.69, 9.17) is 16.2 Å². The zero-order chi connectivity index (χ0) is 10.1. The van der Waals surface area contributed by atoms with Crippen molar-refractivity contribution in [3.8, 4) is 5.75 Å². The van der Waals surface area contributed by atoms with E-state index in [9.17, 15) is 4.39 Å². The SMILES string of the molecule is NC[C@@H](N)c1cc2c(cc1F)OCC2. The summed E-state index contributed by atoms with van der Waals surface area (Å²) < 4.78 is 18.7. The number of rotatable bonds is 2. The molecule has 2 rings (SSSR count). The summed E-state index contributed by atoms with van der Waals surface area (Å²) in [6.07, 6.45) is 0.819. The lowest BCUT2D eigenvalue weighted by atomic mass is 10.0. The van der Waals surface area contributed by atoms with Crippen LogP contribution in [0.15, 0.2) is 12.1 Å². The van der Waals surface area contributed by atoms with Gasteiger partial charge in [0, 0.05) is 30.6 Å². The Kier molecular flexibility index (Phi) is 2.39.